The molecule has 1 saturated heterocycles. The Kier molecular flexibility index (Phi) is 4.72. The maximum Gasteiger partial charge on any atom is 0.269 e. The molecule has 1 fully saturated rings. The topological polar surface area (TPSA) is 52.4 Å². The van der Waals surface area contributed by atoms with Gasteiger partial charge in [-0.05, 0) is 43.4 Å². The molecule has 4 heteroatoms. The molecule has 1 heterocycles. The fraction of sp³-hybridized carbons (Fsp3) is 0.438. The Morgan fingerprint density at radius 3 is 2.70 bits per heavy atom. The number of rotatable bonds is 3. The van der Waals surface area contributed by atoms with Crippen LogP contribution in [0.5, 0.6) is 0 Å². The molecule has 106 valence electrons. The summed E-state index contributed by atoms with van der Waals surface area (Å²) in [6.07, 6.45) is 4.03. The van der Waals surface area contributed by atoms with Crippen LogP contribution in [0.3, 0.4) is 0 Å². The molecule has 1 aromatic rings. The van der Waals surface area contributed by atoms with Crippen molar-refractivity contribution in [3.05, 3.63) is 57.8 Å². The normalized spacial score (nSPS) is 22.9. The molecular weight excluding hydrogens is 254 g/mol. The lowest BCUT2D eigenvalue weighted by molar-refractivity contribution is -0.384. The summed E-state index contributed by atoms with van der Waals surface area (Å²) in [4.78, 5) is 10.3. The zero-order valence-corrected chi connectivity index (χ0v) is 11.7. The number of nitro benzene ring substituents is 1. The van der Waals surface area contributed by atoms with Crippen LogP contribution in [0, 0.1) is 10.1 Å². The van der Waals surface area contributed by atoms with Crippen molar-refractivity contribution in [3.8, 4) is 0 Å². The summed E-state index contributed by atoms with van der Waals surface area (Å²) in [6.45, 7) is 5.86. The first-order chi connectivity index (χ1) is 9.65. The summed E-state index contributed by atoms with van der Waals surface area (Å²) in [5.74, 6) is 0. The second-order valence-electron chi connectivity index (χ2n) is 4.99. The summed E-state index contributed by atoms with van der Waals surface area (Å²) in [6, 6.07) is 6.56. The third-order valence-corrected chi connectivity index (χ3v) is 3.71. The van der Waals surface area contributed by atoms with Gasteiger partial charge in [-0.25, -0.2) is 0 Å². The Morgan fingerprint density at radius 2 is 2.15 bits per heavy atom. The van der Waals surface area contributed by atoms with E-state index in [1.165, 1.54) is 12.1 Å². The summed E-state index contributed by atoms with van der Waals surface area (Å²) in [7, 11) is 0. The van der Waals surface area contributed by atoms with Crippen LogP contribution in [-0.4, -0.2) is 11.0 Å². The molecule has 0 spiro atoms. The van der Waals surface area contributed by atoms with Gasteiger partial charge in [0.1, 0.15) is 6.10 Å². The van der Waals surface area contributed by atoms with E-state index in [1.54, 1.807) is 12.1 Å². The Bertz CT molecular complexity index is 529. The largest absolute Gasteiger partial charge is 0.365 e. The minimum Gasteiger partial charge on any atom is -0.365 e. The first-order valence-electron chi connectivity index (χ1n) is 6.94. The fourth-order valence-corrected chi connectivity index (χ4v) is 2.53. The highest BCUT2D eigenvalue weighted by Crippen LogP contribution is 2.35. The molecule has 0 bridgehead atoms. The van der Waals surface area contributed by atoms with E-state index < -0.39 is 4.92 Å². The smallest absolute Gasteiger partial charge is 0.269 e. The summed E-state index contributed by atoms with van der Waals surface area (Å²) < 4.78 is 6.14. The minimum absolute atomic E-state index is 0.0959. The highest BCUT2D eigenvalue weighted by molar-refractivity contribution is 5.36. The molecule has 20 heavy (non-hydrogen) atoms. The number of non-ortho nitro benzene ring substituents is 1. The van der Waals surface area contributed by atoms with Gasteiger partial charge in [-0.2, -0.15) is 0 Å². The van der Waals surface area contributed by atoms with Crippen LogP contribution < -0.4 is 0 Å². The van der Waals surface area contributed by atoms with Crippen LogP contribution in [-0.2, 0) is 4.74 Å². The predicted molar refractivity (Wildman–Crippen MR) is 77.5 cm³/mol. The second kappa shape index (κ2) is 6.51. The third kappa shape index (κ3) is 3.16. The molecule has 2 rings (SSSR count). The standard InChI is InChI=1S/C16H19NO3/c1-3-12-6-5-7-15(4-2)20-16(12)13-8-10-14(11-9-13)17(18)19/h8-11,15-16H,1,4-7H2,2H3/t15-,16-/m0/s1. The van der Waals surface area contributed by atoms with E-state index in [0.717, 1.165) is 36.8 Å². The lowest BCUT2D eigenvalue weighted by Crippen LogP contribution is -2.14. The number of nitro groups is 1. The molecule has 1 aliphatic rings. The predicted octanol–water partition coefficient (Wildman–Crippen LogP) is 4.33. The summed E-state index contributed by atoms with van der Waals surface area (Å²) in [5.41, 5.74) is 5.05. The van der Waals surface area contributed by atoms with E-state index >= 15 is 0 Å². The number of hydrogen-bond donors (Lipinski definition) is 0. The molecule has 0 unspecified atom stereocenters. The molecule has 1 aliphatic heterocycles. The average Bonchev–Trinajstić information content (AvgIpc) is 2.69. The molecule has 0 aliphatic carbocycles. The highest BCUT2D eigenvalue weighted by atomic mass is 16.6. The number of hydrogen-bond acceptors (Lipinski definition) is 3. The van der Waals surface area contributed by atoms with Crippen molar-refractivity contribution in [2.75, 3.05) is 0 Å². The van der Waals surface area contributed by atoms with E-state index in [9.17, 15) is 10.1 Å². The van der Waals surface area contributed by atoms with Crippen LogP contribution >= 0.6 is 0 Å². The molecule has 2 atom stereocenters. The van der Waals surface area contributed by atoms with Gasteiger partial charge in [0.05, 0.1) is 11.0 Å². The molecule has 0 aromatic heterocycles. The molecule has 1 aromatic carbocycles. The molecule has 0 radical (unpaired) electrons. The van der Waals surface area contributed by atoms with Crippen molar-refractivity contribution < 1.29 is 9.66 Å². The third-order valence-electron chi connectivity index (χ3n) is 3.71. The van der Waals surface area contributed by atoms with Gasteiger partial charge in [0, 0.05) is 17.7 Å². The van der Waals surface area contributed by atoms with Crippen molar-refractivity contribution in [1.29, 1.82) is 0 Å². The minimum atomic E-state index is -0.392. The van der Waals surface area contributed by atoms with E-state index in [1.807, 2.05) is 0 Å². The average molecular weight is 273 g/mol. The zero-order valence-electron chi connectivity index (χ0n) is 11.7. The van der Waals surface area contributed by atoms with Crippen molar-refractivity contribution in [2.24, 2.45) is 0 Å². The van der Waals surface area contributed by atoms with Crippen molar-refractivity contribution in [1.82, 2.24) is 0 Å². The Morgan fingerprint density at radius 1 is 1.45 bits per heavy atom. The van der Waals surface area contributed by atoms with Crippen LogP contribution in [0.25, 0.3) is 0 Å². The van der Waals surface area contributed by atoms with E-state index in [0.29, 0.717) is 0 Å². The molecule has 0 N–H and O–H groups in total. The second-order valence-corrected chi connectivity index (χ2v) is 4.99. The molecule has 0 amide bonds. The van der Waals surface area contributed by atoms with Gasteiger partial charge in [0.2, 0.25) is 0 Å². The Hall–Kier alpha value is -1.90. The number of ether oxygens (including phenoxy) is 1. The van der Waals surface area contributed by atoms with Crippen molar-refractivity contribution in [2.45, 2.75) is 44.8 Å². The van der Waals surface area contributed by atoms with E-state index in [-0.39, 0.29) is 17.9 Å². The first kappa shape index (κ1) is 14.5. The SMILES string of the molecule is C=C=C1CCC[C@H](CC)O[C@@H]1c1ccc([N+](=O)[O-])cc1. The van der Waals surface area contributed by atoms with Gasteiger partial charge in [-0.1, -0.05) is 13.5 Å². The first-order valence-corrected chi connectivity index (χ1v) is 6.94. The van der Waals surface area contributed by atoms with Gasteiger partial charge in [-0.15, -0.1) is 5.73 Å². The summed E-state index contributed by atoms with van der Waals surface area (Å²) >= 11 is 0. The lowest BCUT2D eigenvalue weighted by atomic mass is 9.98. The number of benzene rings is 1. The van der Waals surface area contributed by atoms with Crippen LogP contribution in [0.1, 0.15) is 44.3 Å². The highest BCUT2D eigenvalue weighted by Gasteiger charge is 2.25. The van der Waals surface area contributed by atoms with Gasteiger partial charge < -0.3 is 4.74 Å². The maximum absolute atomic E-state index is 10.7. The van der Waals surface area contributed by atoms with E-state index in [4.69, 9.17) is 4.74 Å². The number of nitrogens with zero attached hydrogens (tertiary/aromatic N) is 1. The molecular formula is C16H19NO3. The molecule has 0 saturated carbocycles. The van der Waals surface area contributed by atoms with E-state index in [2.05, 4.69) is 19.2 Å². The van der Waals surface area contributed by atoms with Crippen LogP contribution in [0.4, 0.5) is 5.69 Å². The monoisotopic (exact) mass is 273 g/mol. The quantitative estimate of drug-likeness (QED) is 0.468. The van der Waals surface area contributed by atoms with Gasteiger partial charge in [0.15, 0.2) is 0 Å². The van der Waals surface area contributed by atoms with Crippen molar-refractivity contribution >= 4 is 5.69 Å². The maximum atomic E-state index is 10.7. The van der Waals surface area contributed by atoms with Crippen LogP contribution in [0.15, 0.2) is 42.1 Å². The molecule has 4 nitrogen and oxygen atoms in total. The van der Waals surface area contributed by atoms with Gasteiger partial charge in [0.25, 0.3) is 5.69 Å². The van der Waals surface area contributed by atoms with Crippen LogP contribution in [0.2, 0.25) is 0 Å². The zero-order chi connectivity index (χ0) is 14.5. The van der Waals surface area contributed by atoms with Gasteiger partial charge >= 0.3 is 0 Å². The van der Waals surface area contributed by atoms with Crippen molar-refractivity contribution in [3.63, 3.8) is 0 Å². The lowest BCUT2D eigenvalue weighted by Gasteiger charge is -2.22. The Labute approximate surface area is 118 Å². The Balaban J connectivity index is 2.30. The fourth-order valence-electron chi connectivity index (χ4n) is 2.53. The summed E-state index contributed by atoms with van der Waals surface area (Å²) in [5, 5.41) is 10.7. The van der Waals surface area contributed by atoms with Gasteiger partial charge in [-0.3, -0.25) is 10.1 Å².